The van der Waals surface area contributed by atoms with Crippen LogP contribution in [0.1, 0.15) is 55.5 Å². The minimum absolute atomic E-state index is 0.149. The Morgan fingerprint density at radius 3 is 2.72 bits per heavy atom. The van der Waals surface area contributed by atoms with Crippen molar-refractivity contribution >= 4 is 22.5 Å². The average Bonchev–Trinajstić information content (AvgIpc) is 3.35. The summed E-state index contributed by atoms with van der Waals surface area (Å²) in [4.78, 5) is 13.4. The zero-order valence-corrected chi connectivity index (χ0v) is 19.8. The molecule has 3 N–H and O–H groups in total. The van der Waals surface area contributed by atoms with Gasteiger partial charge in [0.2, 0.25) is 0 Å². The van der Waals surface area contributed by atoms with Gasteiger partial charge in [-0.2, -0.15) is 0 Å². The van der Waals surface area contributed by atoms with E-state index in [0.29, 0.717) is 30.2 Å². The first-order chi connectivity index (χ1) is 15.5. The summed E-state index contributed by atoms with van der Waals surface area (Å²) >= 11 is 0. The summed E-state index contributed by atoms with van der Waals surface area (Å²) in [6.45, 7) is 4.83. The van der Waals surface area contributed by atoms with Crippen LogP contribution in [0.25, 0.3) is 5.57 Å². The molecule has 2 unspecified atom stereocenters. The SMILES string of the molecule is COCCNC1=CC2=C(S(=O)NC3CCCC3)C=C(c3c(C)noc3C)CCC2NC1=O. The monoisotopic (exact) mass is 460 g/mol. The number of ether oxygens (including phenoxy) is 1. The van der Waals surface area contributed by atoms with Gasteiger partial charge in [0.15, 0.2) is 0 Å². The number of hydrogen-bond donors (Lipinski definition) is 3. The number of aryl methyl sites for hydroxylation is 2. The summed E-state index contributed by atoms with van der Waals surface area (Å²) in [5, 5.41) is 10.4. The Hall–Kier alpha value is -2.23. The van der Waals surface area contributed by atoms with Crippen molar-refractivity contribution in [2.24, 2.45) is 0 Å². The molecule has 0 spiro atoms. The Kier molecular flexibility index (Phi) is 7.27. The maximum absolute atomic E-state index is 13.6. The van der Waals surface area contributed by atoms with Crippen LogP contribution in [-0.4, -0.2) is 47.6 Å². The standard InChI is InChI=1S/C23H32N4O4S/c1-14-22(15(2)31-26-14)16-8-9-19-18(13-20(23(28)25-19)24-10-11-30-3)21(12-16)32(29)27-17-6-4-5-7-17/h12-13,17,19,24,27H,4-11H2,1-3H3,(H,25,28). The first-order valence-electron chi connectivity index (χ1n) is 11.3. The highest BCUT2D eigenvalue weighted by molar-refractivity contribution is 7.87. The third-order valence-electron chi connectivity index (χ3n) is 6.32. The van der Waals surface area contributed by atoms with Gasteiger partial charge in [-0.3, -0.25) is 4.79 Å². The van der Waals surface area contributed by atoms with Crippen molar-refractivity contribution in [2.75, 3.05) is 20.3 Å². The fourth-order valence-electron chi connectivity index (χ4n) is 4.70. The van der Waals surface area contributed by atoms with Crippen LogP contribution in [0.5, 0.6) is 0 Å². The molecule has 9 heteroatoms. The van der Waals surface area contributed by atoms with Crippen LogP contribution in [-0.2, 0) is 20.5 Å². The maximum atomic E-state index is 13.6. The fourth-order valence-corrected chi connectivity index (χ4v) is 6.03. The molecule has 1 saturated carbocycles. The van der Waals surface area contributed by atoms with E-state index in [2.05, 4.69) is 20.5 Å². The average molecular weight is 461 g/mol. The van der Waals surface area contributed by atoms with Gasteiger partial charge < -0.3 is 19.9 Å². The van der Waals surface area contributed by atoms with Gasteiger partial charge in [0, 0.05) is 25.3 Å². The maximum Gasteiger partial charge on any atom is 0.267 e. The van der Waals surface area contributed by atoms with Crippen LogP contribution >= 0.6 is 0 Å². The van der Waals surface area contributed by atoms with E-state index in [1.54, 1.807) is 7.11 Å². The molecule has 1 aromatic rings. The van der Waals surface area contributed by atoms with Crippen molar-refractivity contribution in [3.63, 3.8) is 0 Å². The summed E-state index contributed by atoms with van der Waals surface area (Å²) < 4.78 is 27.4. The highest BCUT2D eigenvalue weighted by Crippen LogP contribution is 2.35. The number of nitrogens with zero attached hydrogens (tertiary/aromatic N) is 1. The summed E-state index contributed by atoms with van der Waals surface area (Å²) in [6.07, 6.45) is 9.70. The predicted molar refractivity (Wildman–Crippen MR) is 124 cm³/mol. The molecule has 8 nitrogen and oxygen atoms in total. The van der Waals surface area contributed by atoms with Gasteiger partial charge in [-0.25, -0.2) is 8.93 Å². The molecule has 1 aromatic heterocycles. The van der Waals surface area contributed by atoms with Crippen molar-refractivity contribution in [3.05, 3.63) is 45.3 Å². The molecule has 4 rings (SSSR count). The molecule has 1 aliphatic heterocycles. The van der Waals surface area contributed by atoms with E-state index in [1.807, 2.05) is 26.0 Å². The largest absolute Gasteiger partial charge is 0.383 e. The van der Waals surface area contributed by atoms with Gasteiger partial charge in [0.05, 0.1) is 23.2 Å². The molecule has 1 amide bonds. The molecule has 0 aromatic carbocycles. The number of amides is 1. The topological polar surface area (TPSA) is 105 Å². The normalized spacial score (nSPS) is 22.7. The fraction of sp³-hybridized carbons (Fsp3) is 0.565. The molecule has 0 radical (unpaired) electrons. The lowest BCUT2D eigenvalue weighted by Gasteiger charge is -2.27. The van der Waals surface area contributed by atoms with Crippen molar-refractivity contribution in [2.45, 2.75) is 64.5 Å². The van der Waals surface area contributed by atoms with Crippen LogP contribution in [0.15, 0.2) is 32.9 Å². The minimum atomic E-state index is -1.40. The van der Waals surface area contributed by atoms with E-state index in [9.17, 15) is 9.00 Å². The molecular formula is C23H32N4O4S. The van der Waals surface area contributed by atoms with Crippen molar-refractivity contribution in [1.82, 2.24) is 20.5 Å². The number of carbonyl (C=O) groups excluding carboxylic acids is 1. The number of nitrogens with one attached hydrogen (secondary N) is 3. The number of fused-ring (bicyclic) bond motifs is 1. The number of hydrogen-bond acceptors (Lipinski definition) is 6. The number of rotatable bonds is 8. The van der Waals surface area contributed by atoms with E-state index in [0.717, 1.165) is 60.3 Å². The van der Waals surface area contributed by atoms with Gasteiger partial charge in [-0.1, -0.05) is 18.0 Å². The number of allylic oxidation sites excluding steroid dienone is 2. The number of methoxy groups -OCH3 is 1. The highest BCUT2D eigenvalue weighted by atomic mass is 32.2. The van der Waals surface area contributed by atoms with Gasteiger partial charge in [0.25, 0.3) is 5.91 Å². The Morgan fingerprint density at radius 1 is 1.25 bits per heavy atom. The predicted octanol–water partition coefficient (Wildman–Crippen LogP) is 2.54. The first-order valence-corrected chi connectivity index (χ1v) is 12.4. The second-order valence-electron chi connectivity index (χ2n) is 8.60. The van der Waals surface area contributed by atoms with Crippen molar-refractivity contribution in [1.29, 1.82) is 0 Å². The lowest BCUT2D eigenvalue weighted by Crippen LogP contribution is -2.44. The van der Waals surface area contributed by atoms with E-state index < -0.39 is 11.0 Å². The Balaban J connectivity index is 1.75. The molecule has 2 heterocycles. The minimum Gasteiger partial charge on any atom is -0.383 e. The van der Waals surface area contributed by atoms with E-state index in [1.165, 1.54) is 0 Å². The highest BCUT2D eigenvalue weighted by Gasteiger charge is 2.32. The van der Waals surface area contributed by atoms with Gasteiger partial charge in [0.1, 0.15) is 22.4 Å². The summed E-state index contributed by atoms with van der Waals surface area (Å²) in [5.41, 5.74) is 4.18. The molecule has 1 fully saturated rings. The van der Waals surface area contributed by atoms with Gasteiger partial charge in [-0.15, -0.1) is 0 Å². The van der Waals surface area contributed by atoms with E-state index in [4.69, 9.17) is 9.26 Å². The quantitative estimate of drug-likeness (QED) is 0.515. The van der Waals surface area contributed by atoms with Crippen molar-refractivity contribution < 1.29 is 18.3 Å². The Bertz CT molecular complexity index is 969. The van der Waals surface area contributed by atoms with Crippen LogP contribution in [0, 0.1) is 13.8 Å². The first kappa shape index (κ1) is 22.9. The summed E-state index contributed by atoms with van der Waals surface area (Å²) in [7, 11) is 0.222. The lowest BCUT2D eigenvalue weighted by atomic mass is 9.95. The zero-order chi connectivity index (χ0) is 22.7. The molecular weight excluding hydrogens is 428 g/mol. The Labute approximate surface area is 191 Å². The van der Waals surface area contributed by atoms with Crippen LogP contribution in [0.4, 0.5) is 0 Å². The zero-order valence-electron chi connectivity index (χ0n) is 19.0. The third-order valence-corrected chi connectivity index (χ3v) is 7.62. The van der Waals surface area contributed by atoms with E-state index in [-0.39, 0.29) is 18.0 Å². The molecule has 0 bridgehead atoms. The smallest absolute Gasteiger partial charge is 0.267 e. The van der Waals surface area contributed by atoms with Crippen LogP contribution < -0.4 is 15.4 Å². The van der Waals surface area contributed by atoms with Gasteiger partial charge in [-0.05, 0) is 62.8 Å². The Morgan fingerprint density at radius 2 is 2.03 bits per heavy atom. The summed E-state index contributed by atoms with van der Waals surface area (Å²) in [6, 6.07) is 0.0528. The molecule has 32 heavy (non-hydrogen) atoms. The number of carbonyl (C=O) groups is 1. The van der Waals surface area contributed by atoms with E-state index >= 15 is 0 Å². The lowest BCUT2D eigenvalue weighted by molar-refractivity contribution is -0.118. The van der Waals surface area contributed by atoms with Crippen LogP contribution in [0.2, 0.25) is 0 Å². The number of aromatic nitrogens is 1. The third kappa shape index (κ3) is 4.89. The second-order valence-corrected chi connectivity index (χ2v) is 9.81. The second kappa shape index (κ2) is 10.1. The molecule has 2 aliphatic carbocycles. The molecule has 0 saturated heterocycles. The summed E-state index contributed by atoms with van der Waals surface area (Å²) in [5.74, 6) is 0.600. The van der Waals surface area contributed by atoms with Gasteiger partial charge >= 0.3 is 0 Å². The molecule has 3 aliphatic rings. The van der Waals surface area contributed by atoms with Crippen molar-refractivity contribution in [3.8, 4) is 0 Å². The molecule has 2 atom stereocenters. The molecule has 174 valence electrons. The van der Waals surface area contributed by atoms with Crippen LogP contribution in [0.3, 0.4) is 0 Å².